The molecule has 1 unspecified atom stereocenters. The number of halogens is 1. The first-order valence-electron chi connectivity index (χ1n) is 7.03. The van der Waals surface area contributed by atoms with Crippen LogP contribution in [0.4, 0.5) is 0 Å². The summed E-state index contributed by atoms with van der Waals surface area (Å²) in [5, 5.41) is 0. The highest BCUT2D eigenvalue weighted by molar-refractivity contribution is 9.10. The zero-order valence-corrected chi connectivity index (χ0v) is 13.1. The lowest BCUT2D eigenvalue weighted by Crippen LogP contribution is -2.43. The second-order valence-electron chi connectivity index (χ2n) is 5.33. The van der Waals surface area contributed by atoms with Gasteiger partial charge < -0.3 is 4.74 Å². The maximum atomic E-state index is 5.78. The topological polar surface area (TPSA) is 47.3 Å². The molecule has 0 radical (unpaired) electrons. The summed E-state index contributed by atoms with van der Waals surface area (Å²) in [6.45, 7) is 0. The molecule has 0 heterocycles. The molecule has 0 amide bonds. The number of benzene rings is 1. The van der Waals surface area contributed by atoms with Gasteiger partial charge in [0, 0.05) is 10.5 Å². The molecule has 0 bridgehead atoms. The molecule has 0 aliphatic heterocycles. The van der Waals surface area contributed by atoms with Crippen molar-refractivity contribution in [2.45, 2.75) is 44.6 Å². The van der Waals surface area contributed by atoms with Crippen LogP contribution in [0.15, 0.2) is 22.7 Å². The molecule has 3 nitrogen and oxygen atoms in total. The van der Waals surface area contributed by atoms with Gasteiger partial charge in [0.25, 0.3) is 0 Å². The number of methoxy groups -OCH3 is 1. The largest absolute Gasteiger partial charge is 0.496 e. The molecule has 1 atom stereocenters. The quantitative estimate of drug-likeness (QED) is 0.643. The highest BCUT2D eigenvalue weighted by Gasteiger charge is 2.23. The average molecular weight is 327 g/mol. The molecular formula is C15H23BrN2O. The normalized spacial score (nSPS) is 18.3. The number of nitrogens with two attached hydrogens (primary N) is 1. The SMILES string of the molecule is COc1ccc(Br)cc1CC(NN)C1CCCCC1. The lowest BCUT2D eigenvalue weighted by molar-refractivity contribution is 0.267. The highest BCUT2D eigenvalue weighted by atomic mass is 79.9. The third-order valence-corrected chi connectivity index (χ3v) is 4.61. The van der Waals surface area contributed by atoms with Gasteiger partial charge in [0.15, 0.2) is 0 Å². The number of hydrogen-bond donors (Lipinski definition) is 2. The first-order valence-corrected chi connectivity index (χ1v) is 7.82. The highest BCUT2D eigenvalue weighted by Crippen LogP contribution is 2.30. The maximum Gasteiger partial charge on any atom is 0.122 e. The predicted molar refractivity (Wildman–Crippen MR) is 82.1 cm³/mol. The summed E-state index contributed by atoms with van der Waals surface area (Å²) in [6.07, 6.45) is 7.52. The van der Waals surface area contributed by atoms with E-state index in [4.69, 9.17) is 10.6 Å². The Morgan fingerprint density at radius 2 is 2.11 bits per heavy atom. The first kappa shape index (κ1) is 14.8. The maximum absolute atomic E-state index is 5.78. The van der Waals surface area contributed by atoms with E-state index in [1.165, 1.54) is 37.7 Å². The lowest BCUT2D eigenvalue weighted by atomic mass is 9.82. The van der Waals surface area contributed by atoms with Gasteiger partial charge in [-0.25, -0.2) is 0 Å². The molecule has 1 fully saturated rings. The van der Waals surface area contributed by atoms with Crippen LogP contribution in [0.1, 0.15) is 37.7 Å². The van der Waals surface area contributed by atoms with Crippen LogP contribution in [-0.4, -0.2) is 13.2 Å². The molecule has 1 aliphatic carbocycles. The lowest BCUT2D eigenvalue weighted by Gasteiger charge is -2.30. The standard InChI is InChI=1S/C15H23BrN2O/c1-19-15-8-7-13(16)9-12(15)10-14(18-17)11-5-3-2-4-6-11/h7-9,11,14,18H,2-6,10,17H2,1H3. The van der Waals surface area contributed by atoms with Gasteiger partial charge in [-0.2, -0.15) is 0 Å². The van der Waals surface area contributed by atoms with Crippen molar-refractivity contribution in [3.63, 3.8) is 0 Å². The van der Waals surface area contributed by atoms with Crippen molar-refractivity contribution in [3.8, 4) is 5.75 Å². The zero-order chi connectivity index (χ0) is 13.7. The van der Waals surface area contributed by atoms with E-state index in [9.17, 15) is 0 Å². The Bertz CT molecular complexity index is 405. The fraction of sp³-hybridized carbons (Fsp3) is 0.600. The molecule has 1 aromatic rings. The van der Waals surface area contributed by atoms with Crippen LogP contribution in [0.5, 0.6) is 5.75 Å². The molecule has 0 spiro atoms. The molecule has 0 aromatic heterocycles. The summed E-state index contributed by atoms with van der Waals surface area (Å²) >= 11 is 3.53. The molecule has 106 valence electrons. The molecule has 19 heavy (non-hydrogen) atoms. The Hall–Kier alpha value is -0.580. The van der Waals surface area contributed by atoms with Crippen molar-refractivity contribution in [1.82, 2.24) is 5.43 Å². The zero-order valence-electron chi connectivity index (χ0n) is 11.5. The number of nitrogens with one attached hydrogen (secondary N) is 1. The molecule has 1 aliphatic rings. The van der Waals surface area contributed by atoms with E-state index in [-0.39, 0.29) is 0 Å². The second kappa shape index (κ2) is 7.27. The fourth-order valence-electron chi connectivity index (χ4n) is 3.04. The van der Waals surface area contributed by atoms with Gasteiger partial charge in [-0.15, -0.1) is 0 Å². The summed E-state index contributed by atoms with van der Waals surface area (Å²) in [7, 11) is 1.72. The molecule has 4 heteroatoms. The monoisotopic (exact) mass is 326 g/mol. The molecule has 1 aromatic carbocycles. The number of hydrogen-bond acceptors (Lipinski definition) is 3. The molecule has 1 saturated carbocycles. The van der Waals surface area contributed by atoms with Crippen LogP contribution >= 0.6 is 15.9 Å². The predicted octanol–water partition coefficient (Wildman–Crippen LogP) is 3.41. The van der Waals surface area contributed by atoms with Crippen LogP contribution in [0, 0.1) is 5.92 Å². The Balaban J connectivity index is 2.10. The van der Waals surface area contributed by atoms with Gasteiger partial charge in [-0.05, 0) is 48.9 Å². The van der Waals surface area contributed by atoms with Crippen LogP contribution in [0.3, 0.4) is 0 Å². The minimum Gasteiger partial charge on any atom is -0.496 e. The van der Waals surface area contributed by atoms with E-state index < -0.39 is 0 Å². The first-order chi connectivity index (χ1) is 9.24. The Morgan fingerprint density at radius 1 is 1.37 bits per heavy atom. The second-order valence-corrected chi connectivity index (χ2v) is 6.25. The fourth-order valence-corrected chi connectivity index (χ4v) is 3.45. The van der Waals surface area contributed by atoms with Crippen molar-refractivity contribution in [2.24, 2.45) is 11.8 Å². The van der Waals surface area contributed by atoms with Gasteiger partial charge in [-0.1, -0.05) is 35.2 Å². The summed E-state index contributed by atoms with van der Waals surface area (Å²) in [5.41, 5.74) is 4.23. The molecular weight excluding hydrogens is 304 g/mol. The van der Waals surface area contributed by atoms with Crippen molar-refractivity contribution in [3.05, 3.63) is 28.2 Å². The van der Waals surface area contributed by atoms with Crippen molar-refractivity contribution < 1.29 is 4.74 Å². The Kier molecular flexibility index (Phi) is 5.67. The van der Waals surface area contributed by atoms with E-state index >= 15 is 0 Å². The van der Waals surface area contributed by atoms with E-state index in [2.05, 4.69) is 27.4 Å². The van der Waals surface area contributed by atoms with Crippen molar-refractivity contribution in [2.75, 3.05) is 7.11 Å². The third kappa shape index (κ3) is 3.94. The Morgan fingerprint density at radius 3 is 2.74 bits per heavy atom. The van der Waals surface area contributed by atoms with Crippen LogP contribution in [0.2, 0.25) is 0 Å². The minimum atomic E-state index is 0.337. The van der Waals surface area contributed by atoms with Gasteiger partial charge in [0.05, 0.1) is 7.11 Å². The van der Waals surface area contributed by atoms with E-state index in [1.54, 1.807) is 7.11 Å². The number of hydrazine groups is 1. The number of ether oxygens (including phenoxy) is 1. The third-order valence-electron chi connectivity index (χ3n) is 4.12. The molecule has 2 rings (SSSR count). The Labute approximate surface area is 124 Å². The van der Waals surface area contributed by atoms with E-state index in [0.29, 0.717) is 12.0 Å². The van der Waals surface area contributed by atoms with E-state index in [0.717, 1.165) is 16.6 Å². The summed E-state index contributed by atoms with van der Waals surface area (Å²) in [4.78, 5) is 0. The van der Waals surface area contributed by atoms with Crippen molar-refractivity contribution >= 4 is 15.9 Å². The number of rotatable bonds is 5. The van der Waals surface area contributed by atoms with Gasteiger partial charge in [0.1, 0.15) is 5.75 Å². The smallest absolute Gasteiger partial charge is 0.122 e. The summed E-state index contributed by atoms with van der Waals surface area (Å²) in [5.74, 6) is 7.41. The summed E-state index contributed by atoms with van der Waals surface area (Å²) < 4.78 is 6.53. The van der Waals surface area contributed by atoms with Crippen molar-refractivity contribution in [1.29, 1.82) is 0 Å². The summed E-state index contributed by atoms with van der Waals surface area (Å²) in [6, 6.07) is 6.48. The minimum absolute atomic E-state index is 0.337. The van der Waals surface area contributed by atoms with Gasteiger partial charge in [-0.3, -0.25) is 11.3 Å². The van der Waals surface area contributed by atoms with Gasteiger partial charge in [0.2, 0.25) is 0 Å². The molecule has 0 saturated heterocycles. The van der Waals surface area contributed by atoms with E-state index in [1.807, 2.05) is 12.1 Å². The van der Waals surface area contributed by atoms with Crippen LogP contribution in [-0.2, 0) is 6.42 Å². The van der Waals surface area contributed by atoms with Crippen LogP contribution < -0.4 is 16.0 Å². The molecule has 3 N–H and O–H groups in total. The van der Waals surface area contributed by atoms with Crippen LogP contribution in [0.25, 0.3) is 0 Å². The average Bonchev–Trinajstić information content (AvgIpc) is 2.46. The van der Waals surface area contributed by atoms with Gasteiger partial charge >= 0.3 is 0 Å².